The van der Waals surface area contributed by atoms with Crippen LogP contribution in [-0.2, 0) is 0 Å². The minimum absolute atomic E-state index is 0.475. The highest BCUT2D eigenvalue weighted by molar-refractivity contribution is 5.25. The molecule has 3 unspecified atom stereocenters. The van der Waals surface area contributed by atoms with Crippen molar-refractivity contribution in [1.29, 1.82) is 0 Å². The van der Waals surface area contributed by atoms with Crippen molar-refractivity contribution in [3.63, 3.8) is 0 Å². The predicted octanol–water partition coefficient (Wildman–Crippen LogP) is 4.26. The molecule has 4 fully saturated rings. The molecule has 21 heavy (non-hydrogen) atoms. The Morgan fingerprint density at radius 2 is 1.90 bits per heavy atom. The Morgan fingerprint density at radius 1 is 1.19 bits per heavy atom. The van der Waals surface area contributed by atoms with E-state index in [4.69, 9.17) is 0 Å². The highest BCUT2D eigenvalue weighted by Gasteiger charge is 2.58. The van der Waals surface area contributed by atoms with E-state index >= 15 is 0 Å². The molecule has 4 saturated carbocycles. The van der Waals surface area contributed by atoms with Gasteiger partial charge in [0.15, 0.2) is 0 Å². The molecule has 0 spiro atoms. The molecule has 2 heteroatoms. The number of nitrogens with zero attached hydrogens (tertiary/aromatic N) is 1. The summed E-state index contributed by atoms with van der Waals surface area (Å²) >= 11 is 0. The largest absolute Gasteiger partial charge is 0.312 e. The lowest BCUT2D eigenvalue weighted by molar-refractivity contribution is -0.118. The smallest absolute Gasteiger partial charge is 0.0390 e. The molecule has 0 radical (unpaired) electrons. The number of hydrogen-bond acceptors (Lipinski definition) is 2. The van der Waals surface area contributed by atoms with Gasteiger partial charge in [-0.2, -0.15) is 0 Å². The van der Waals surface area contributed by atoms with Crippen LogP contribution in [0.25, 0.3) is 0 Å². The van der Waals surface area contributed by atoms with Crippen molar-refractivity contribution in [2.24, 2.45) is 22.7 Å². The normalized spacial score (nSPS) is 42.2. The molecule has 114 valence electrons. The van der Waals surface area contributed by atoms with Crippen molar-refractivity contribution < 1.29 is 0 Å². The highest BCUT2D eigenvalue weighted by Crippen LogP contribution is 2.68. The molecule has 1 heterocycles. The standard InChI is InChI=1S/C19H28N2/c1-13-4-16(11-21-10-13)17(20-3)19-8-14-5-15(9-19)7-18(2,6-14)12-19/h4,10-11,14-15,17,20H,5-9,12H2,1-3H3. The van der Waals surface area contributed by atoms with Crippen LogP contribution in [0.5, 0.6) is 0 Å². The Balaban J connectivity index is 1.73. The van der Waals surface area contributed by atoms with E-state index in [0.29, 0.717) is 16.9 Å². The molecule has 0 saturated heterocycles. The van der Waals surface area contributed by atoms with E-state index in [1.165, 1.54) is 49.7 Å². The first-order chi connectivity index (χ1) is 10.0. The van der Waals surface area contributed by atoms with Gasteiger partial charge in [-0.15, -0.1) is 0 Å². The number of nitrogens with one attached hydrogen (secondary N) is 1. The van der Waals surface area contributed by atoms with E-state index in [1.807, 2.05) is 6.20 Å². The maximum atomic E-state index is 4.46. The predicted molar refractivity (Wildman–Crippen MR) is 86.0 cm³/mol. The molecule has 2 nitrogen and oxygen atoms in total. The van der Waals surface area contributed by atoms with Crippen molar-refractivity contribution in [3.05, 3.63) is 29.6 Å². The minimum Gasteiger partial charge on any atom is -0.312 e. The lowest BCUT2D eigenvalue weighted by Gasteiger charge is -2.63. The second-order valence-corrected chi connectivity index (χ2v) is 8.65. The van der Waals surface area contributed by atoms with Crippen molar-refractivity contribution in [3.8, 4) is 0 Å². The third kappa shape index (κ3) is 2.14. The van der Waals surface area contributed by atoms with Gasteiger partial charge in [0.1, 0.15) is 0 Å². The van der Waals surface area contributed by atoms with Gasteiger partial charge in [0.05, 0.1) is 0 Å². The van der Waals surface area contributed by atoms with Gasteiger partial charge in [-0.05, 0) is 86.3 Å². The van der Waals surface area contributed by atoms with E-state index in [1.54, 1.807) is 0 Å². The molecule has 1 aromatic heterocycles. The first-order valence-electron chi connectivity index (χ1n) is 8.61. The van der Waals surface area contributed by atoms with Crippen LogP contribution in [-0.4, -0.2) is 12.0 Å². The monoisotopic (exact) mass is 284 g/mol. The molecular formula is C19H28N2. The summed E-state index contributed by atoms with van der Waals surface area (Å²) in [4.78, 5) is 4.46. The number of aryl methyl sites for hydroxylation is 1. The third-order valence-electron chi connectivity index (χ3n) is 6.53. The van der Waals surface area contributed by atoms with Gasteiger partial charge in [0, 0.05) is 18.4 Å². The van der Waals surface area contributed by atoms with Crippen LogP contribution >= 0.6 is 0 Å². The van der Waals surface area contributed by atoms with Gasteiger partial charge in [-0.3, -0.25) is 4.98 Å². The fraction of sp³-hybridized carbons (Fsp3) is 0.737. The molecule has 1 aromatic rings. The molecule has 4 aliphatic carbocycles. The van der Waals surface area contributed by atoms with Gasteiger partial charge >= 0.3 is 0 Å². The highest BCUT2D eigenvalue weighted by atomic mass is 14.9. The van der Waals surface area contributed by atoms with Crippen molar-refractivity contribution in [2.75, 3.05) is 7.05 Å². The fourth-order valence-electron chi connectivity index (χ4n) is 6.70. The van der Waals surface area contributed by atoms with Crippen molar-refractivity contribution >= 4 is 0 Å². The van der Waals surface area contributed by atoms with Crippen LogP contribution in [0.4, 0.5) is 0 Å². The molecule has 0 aromatic carbocycles. The molecule has 4 bridgehead atoms. The summed E-state index contributed by atoms with van der Waals surface area (Å²) in [5.74, 6) is 1.95. The topological polar surface area (TPSA) is 24.9 Å². The van der Waals surface area contributed by atoms with Crippen molar-refractivity contribution in [2.45, 2.75) is 58.4 Å². The average Bonchev–Trinajstić information content (AvgIpc) is 2.36. The molecule has 0 aliphatic heterocycles. The molecule has 3 atom stereocenters. The van der Waals surface area contributed by atoms with Crippen LogP contribution in [0, 0.1) is 29.6 Å². The van der Waals surface area contributed by atoms with Crippen LogP contribution in [0.1, 0.15) is 62.6 Å². The Hall–Kier alpha value is -0.890. The fourth-order valence-corrected chi connectivity index (χ4v) is 6.70. The molecule has 0 amide bonds. The van der Waals surface area contributed by atoms with E-state index in [0.717, 1.165) is 11.8 Å². The average molecular weight is 284 g/mol. The van der Waals surface area contributed by atoms with Crippen LogP contribution in [0.2, 0.25) is 0 Å². The van der Waals surface area contributed by atoms with Gasteiger partial charge in [0.25, 0.3) is 0 Å². The molecule has 1 N–H and O–H groups in total. The summed E-state index contributed by atoms with van der Waals surface area (Å²) in [6.07, 6.45) is 12.8. The number of pyridine rings is 1. The first kappa shape index (κ1) is 13.8. The van der Waals surface area contributed by atoms with E-state index in [9.17, 15) is 0 Å². The third-order valence-corrected chi connectivity index (χ3v) is 6.53. The van der Waals surface area contributed by atoms with Crippen molar-refractivity contribution in [1.82, 2.24) is 10.3 Å². The molecule has 4 aliphatic rings. The summed E-state index contributed by atoms with van der Waals surface area (Å²) in [6.45, 7) is 4.71. The Morgan fingerprint density at radius 3 is 2.48 bits per heavy atom. The summed E-state index contributed by atoms with van der Waals surface area (Å²) in [5.41, 5.74) is 3.77. The Bertz CT molecular complexity index is 536. The minimum atomic E-state index is 0.475. The van der Waals surface area contributed by atoms with E-state index in [2.05, 4.69) is 43.5 Å². The number of rotatable bonds is 3. The SMILES string of the molecule is CNC(c1cncc(C)c1)C12CC3CC(CC(C)(C3)C1)C2. The number of aromatic nitrogens is 1. The first-order valence-corrected chi connectivity index (χ1v) is 8.61. The van der Waals surface area contributed by atoms with E-state index < -0.39 is 0 Å². The van der Waals surface area contributed by atoms with Crippen LogP contribution in [0.3, 0.4) is 0 Å². The summed E-state index contributed by atoms with van der Waals surface area (Å²) in [6, 6.07) is 2.82. The quantitative estimate of drug-likeness (QED) is 0.897. The lowest BCUT2D eigenvalue weighted by atomic mass is 9.43. The maximum Gasteiger partial charge on any atom is 0.0390 e. The van der Waals surface area contributed by atoms with Gasteiger partial charge in [0.2, 0.25) is 0 Å². The zero-order chi connectivity index (χ0) is 14.7. The number of hydrogen-bond donors (Lipinski definition) is 1. The van der Waals surface area contributed by atoms with E-state index in [-0.39, 0.29) is 0 Å². The van der Waals surface area contributed by atoms with Gasteiger partial charge in [-0.1, -0.05) is 13.0 Å². The molecule has 5 rings (SSSR count). The zero-order valence-corrected chi connectivity index (χ0v) is 13.7. The summed E-state index contributed by atoms with van der Waals surface area (Å²) in [7, 11) is 2.15. The zero-order valence-electron chi connectivity index (χ0n) is 13.7. The second kappa shape index (κ2) is 4.55. The molecular weight excluding hydrogens is 256 g/mol. The summed E-state index contributed by atoms with van der Waals surface area (Å²) < 4.78 is 0. The Labute approximate surface area is 128 Å². The summed E-state index contributed by atoms with van der Waals surface area (Å²) in [5, 5.41) is 3.68. The van der Waals surface area contributed by atoms with Crippen LogP contribution in [0.15, 0.2) is 18.5 Å². The lowest BCUT2D eigenvalue weighted by Crippen LogP contribution is -2.55. The van der Waals surface area contributed by atoms with Gasteiger partial charge in [-0.25, -0.2) is 0 Å². The second-order valence-electron chi connectivity index (χ2n) is 8.65. The maximum absolute atomic E-state index is 4.46. The Kier molecular flexibility index (Phi) is 2.98. The van der Waals surface area contributed by atoms with Crippen LogP contribution < -0.4 is 5.32 Å². The van der Waals surface area contributed by atoms with Gasteiger partial charge < -0.3 is 5.32 Å².